The minimum atomic E-state index is 0.776. The highest BCUT2D eigenvalue weighted by atomic mass is 32.2. The second-order valence-electron chi connectivity index (χ2n) is 4.06. The Morgan fingerprint density at radius 3 is 2.78 bits per heavy atom. The van der Waals surface area contributed by atoms with Crippen molar-refractivity contribution in [2.75, 3.05) is 11.9 Å². The van der Waals surface area contributed by atoms with Crippen LogP contribution >= 0.6 is 11.8 Å². The first kappa shape index (κ1) is 12.9. The number of nitrogens with zero attached hydrogens (tertiary/aromatic N) is 4. The van der Waals surface area contributed by atoms with E-state index in [4.69, 9.17) is 0 Å². The van der Waals surface area contributed by atoms with Crippen LogP contribution in [0.2, 0.25) is 0 Å². The molecule has 0 fully saturated rings. The number of H-pyrrole nitrogens is 1. The van der Waals surface area contributed by atoms with E-state index >= 15 is 0 Å². The van der Waals surface area contributed by atoms with E-state index in [1.54, 1.807) is 11.8 Å². The first-order valence-electron chi connectivity index (χ1n) is 5.90. The Morgan fingerprint density at radius 1 is 1.39 bits per heavy atom. The van der Waals surface area contributed by atoms with Crippen LogP contribution in [-0.4, -0.2) is 31.5 Å². The topological polar surface area (TPSA) is 71.4 Å². The number of aromatic amines is 1. The Balaban J connectivity index is 2.13. The molecule has 2 N–H and O–H groups in total. The van der Waals surface area contributed by atoms with E-state index in [1.165, 1.54) is 5.56 Å². The van der Waals surface area contributed by atoms with Crippen LogP contribution in [0.1, 0.15) is 24.0 Å². The Bertz CT molecular complexity index is 530. The number of aryl methyl sites for hydroxylation is 3. The second kappa shape index (κ2) is 5.43. The van der Waals surface area contributed by atoms with Gasteiger partial charge in [-0.3, -0.25) is 9.78 Å². The zero-order chi connectivity index (χ0) is 13.1. The predicted molar refractivity (Wildman–Crippen MR) is 72.8 cm³/mol. The summed E-state index contributed by atoms with van der Waals surface area (Å²) in [4.78, 5) is 4.29. The maximum atomic E-state index is 4.44. The minimum Gasteiger partial charge on any atom is -0.370 e. The maximum Gasteiger partial charge on any atom is 0.208 e. The summed E-state index contributed by atoms with van der Waals surface area (Å²) in [6, 6.07) is 0. The smallest absolute Gasteiger partial charge is 0.208 e. The Hall–Kier alpha value is -1.50. The Kier molecular flexibility index (Phi) is 3.90. The Morgan fingerprint density at radius 2 is 2.17 bits per heavy atom. The van der Waals surface area contributed by atoms with Gasteiger partial charge in [-0.1, -0.05) is 11.8 Å². The van der Waals surface area contributed by atoms with E-state index in [9.17, 15) is 0 Å². The molecule has 0 saturated heterocycles. The molecule has 0 aromatic carbocycles. The first-order valence-corrected chi connectivity index (χ1v) is 6.88. The molecule has 0 bridgehead atoms. The van der Waals surface area contributed by atoms with Crippen LogP contribution < -0.4 is 5.32 Å². The van der Waals surface area contributed by atoms with Gasteiger partial charge in [-0.25, -0.2) is 4.98 Å². The Labute approximate surface area is 111 Å². The van der Waals surface area contributed by atoms with Gasteiger partial charge in [0.2, 0.25) is 5.16 Å². The predicted octanol–water partition coefficient (Wildman–Crippen LogP) is 1.88. The summed E-state index contributed by atoms with van der Waals surface area (Å²) in [5.74, 6) is 2.74. The normalized spacial score (nSPS) is 10.9. The molecular formula is C11H18N6S. The molecule has 0 aliphatic heterocycles. The quantitative estimate of drug-likeness (QED) is 0.809. The monoisotopic (exact) mass is 266 g/mol. The van der Waals surface area contributed by atoms with Crippen molar-refractivity contribution in [2.45, 2.75) is 31.7 Å². The van der Waals surface area contributed by atoms with E-state index in [2.05, 4.69) is 32.5 Å². The molecule has 0 unspecified atom stereocenters. The summed E-state index contributed by atoms with van der Waals surface area (Å²) < 4.78 is 1.89. The van der Waals surface area contributed by atoms with Gasteiger partial charge in [-0.15, -0.1) is 5.10 Å². The van der Waals surface area contributed by atoms with Crippen molar-refractivity contribution in [2.24, 2.45) is 7.05 Å². The van der Waals surface area contributed by atoms with E-state index in [1.807, 2.05) is 25.6 Å². The van der Waals surface area contributed by atoms with Crippen molar-refractivity contribution >= 4 is 17.6 Å². The summed E-state index contributed by atoms with van der Waals surface area (Å²) in [5.41, 5.74) is 2.26. The minimum absolute atomic E-state index is 0.776. The third-order valence-electron chi connectivity index (χ3n) is 2.61. The highest BCUT2D eigenvalue weighted by Crippen LogP contribution is 2.26. The van der Waals surface area contributed by atoms with Gasteiger partial charge in [-0.2, -0.15) is 5.10 Å². The van der Waals surface area contributed by atoms with Gasteiger partial charge in [0.05, 0.1) is 5.69 Å². The number of hydrogen-bond donors (Lipinski definition) is 2. The van der Waals surface area contributed by atoms with E-state index in [-0.39, 0.29) is 0 Å². The molecule has 0 saturated carbocycles. The fourth-order valence-electron chi connectivity index (χ4n) is 1.79. The largest absolute Gasteiger partial charge is 0.370 e. The first-order chi connectivity index (χ1) is 8.61. The van der Waals surface area contributed by atoms with Crippen molar-refractivity contribution in [1.82, 2.24) is 25.0 Å². The summed E-state index contributed by atoms with van der Waals surface area (Å²) in [5, 5.41) is 15.5. The zero-order valence-electron chi connectivity index (χ0n) is 11.1. The summed E-state index contributed by atoms with van der Waals surface area (Å²) in [6.07, 6.45) is 0. The highest BCUT2D eigenvalue weighted by Gasteiger charge is 2.13. The van der Waals surface area contributed by atoms with Crippen molar-refractivity contribution < 1.29 is 0 Å². The van der Waals surface area contributed by atoms with Gasteiger partial charge >= 0.3 is 0 Å². The molecule has 7 heteroatoms. The SMILES string of the molecule is CCNc1c(CSc2n[nH]c(C)n2)c(C)nn1C. The van der Waals surface area contributed by atoms with Gasteiger partial charge in [0, 0.05) is 24.9 Å². The molecule has 2 heterocycles. The lowest BCUT2D eigenvalue weighted by Gasteiger charge is -2.06. The summed E-state index contributed by atoms with van der Waals surface area (Å²) in [6.45, 7) is 6.89. The van der Waals surface area contributed by atoms with Gasteiger partial charge in [-0.05, 0) is 20.8 Å². The fraction of sp³-hybridized carbons (Fsp3) is 0.545. The van der Waals surface area contributed by atoms with Gasteiger partial charge < -0.3 is 5.32 Å². The fourth-order valence-corrected chi connectivity index (χ4v) is 2.72. The molecule has 0 spiro atoms. The molecule has 2 rings (SSSR count). The molecule has 0 amide bonds. The lowest BCUT2D eigenvalue weighted by atomic mass is 10.3. The van der Waals surface area contributed by atoms with Crippen LogP contribution in [0, 0.1) is 13.8 Å². The number of hydrogen-bond acceptors (Lipinski definition) is 5. The second-order valence-corrected chi connectivity index (χ2v) is 5.00. The van der Waals surface area contributed by atoms with Crippen LogP contribution in [0.4, 0.5) is 5.82 Å². The molecule has 0 aliphatic carbocycles. The number of thioether (sulfide) groups is 1. The van der Waals surface area contributed by atoms with Crippen molar-refractivity contribution in [3.8, 4) is 0 Å². The van der Waals surface area contributed by atoms with E-state index < -0.39 is 0 Å². The summed E-state index contributed by atoms with van der Waals surface area (Å²) >= 11 is 1.62. The van der Waals surface area contributed by atoms with Crippen LogP contribution in [-0.2, 0) is 12.8 Å². The molecular weight excluding hydrogens is 248 g/mol. The standard InChI is InChI=1S/C11H18N6S/c1-5-12-10-9(7(2)16-17(10)4)6-18-11-13-8(3)14-15-11/h12H,5-6H2,1-4H3,(H,13,14,15). The molecule has 0 aliphatic rings. The van der Waals surface area contributed by atoms with E-state index in [0.29, 0.717) is 0 Å². The number of aromatic nitrogens is 5. The van der Waals surface area contributed by atoms with Crippen molar-refractivity contribution in [1.29, 1.82) is 0 Å². The number of anilines is 1. The summed E-state index contributed by atoms with van der Waals surface area (Å²) in [7, 11) is 1.95. The van der Waals surface area contributed by atoms with Crippen LogP contribution in [0.15, 0.2) is 5.16 Å². The lowest BCUT2D eigenvalue weighted by molar-refractivity contribution is 0.760. The molecule has 98 valence electrons. The molecule has 0 atom stereocenters. The average molecular weight is 266 g/mol. The number of rotatable bonds is 5. The van der Waals surface area contributed by atoms with Gasteiger partial charge in [0.1, 0.15) is 11.6 Å². The van der Waals surface area contributed by atoms with Gasteiger partial charge in [0.25, 0.3) is 0 Å². The van der Waals surface area contributed by atoms with Crippen molar-refractivity contribution in [3.05, 3.63) is 17.1 Å². The van der Waals surface area contributed by atoms with Gasteiger partial charge in [0.15, 0.2) is 0 Å². The highest BCUT2D eigenvalue weighted by molar-refractivity contribution is 7.98. The third kappa shape index (κ3) is 2.66. The van der Waals surface area contributed by atoms with Crippen molar-refractivity contribution in [3.63, 3.8) is 0 Å². The molecule has 2 aromatic rings. The molecule has 18 heavy (non-hydrogen) atoms. The van der Waals surface area contributed by atoms with E-state index in [0.717, 1.165) is 34.8 Å². The van der Waals surface area contributed by atoms with Crippen LogP contribution in [0.25, 0.3) is 0 Å². The zero-order valence-corrected chi connectivity index (χ0v) is 11.9. The molecule has 2 aromatic heterocycles. The lowest BCUT2D eigenvalue weighted by Crippen LogP contribution is -2.05. The molecule has 0 radical (unpaired) electrons. The maximum absolute atomic E-state index is 4.44. The molecule has 6 nitrogen and oxygen atoms in total. The van der Waals surface area contributed by atoms with Crippen LogP contribution in [0.3, 0.4) is 0 Å². The average Bonchev–Trinajstić information content (AvgIpc) is 2.83. The third-order valence-corrected chi connectivity index (χ3v) is 3.49. The van der Waals surface area contributed by atoms with Crippen LogP contribution in [0.5, 0.6) is 0 Å². The number of nitrogens with one attached hydrogen (secondary N) is 2.